The molecule has 2 rings (SSSR count). The van der Waals surface area contributed by atoms with E-state index in [1.54, 1.807) is 24.3 Å². The summed E-state index contributed by atoms with van der Waals surface area (Å²) in [5, 5.41) is 9.01. The van der Waals surface area contributed by atoms with E-state index in [2.05, 4.69) is 22.9 Å². The fourth-order valence-electron chi connectivity index (χ4n) is 2.28. The smallest absolute Gasteiger partial charge is 0.324 e. The molecule has 134 valence electrons. The van der Waals surface area contributed by atoms with Crippen LogP contribution in [0, 0.1) is 0 Å². The molecule has 0 fully saturated rings. The van der Waals surface area contributed by atoms with Crippen molar-refractivity contribution >= 4 is 34.0 Å². The minimum Gasteiger partial charge on any atom is -0.347 e. The topological polar surface area (TPSA) is 96.2 Å². The van der Waals surface area contributed by atoms with Crippen LogP contribution in [0.1, 0.15) is 35.9 Å². The van der Waals surface area contributed by atoms with Crippen LogP contribution >= 0.6 is 11.3 Å². The summed E-state index contributed by atoms with van der Waals surface area (Å²) >= 11 is 1.23. The Morgan fingerprint density at radius 3 is 2.56 bits per heavy atom. The molecule has 2 aromatic rings. The summed E-state index contributed by atoms with van der Waals surface area (Å²) in [6.45, 7) is 2.52. The van der Waals surface area contributed by atoms with Crippen LogP contribution in [0.25, 0.3) is 0 Å². The van der Waals surface area contributed by atoms with Gasteiger partial charge in [-0.1, -0.05) is 38.0 Å². The summed E-state index contributed by atoms with van der Waals surface area (Å²) < 4.78 is 0. The molecule has 0 aliphatic rings. The third kappa shape index (κ3) is 6.21. The Morgan fingerprint density at radius 2 is 1.88 bits per heavy atom. The Bertz CT molecular complexity index is 687. The van der Waals surface area contributed by atoms with E-state index in [9.17, 15) is 9.59 Å². The molecule has 1 aromatic heterocycles. The highest BCUT2D eigenvalue weighted by molar-refractivity contribution is 7.18. The molecule has 1 aromatic carbocycles. The molecule has 7 heteroatoms. The number of rotatable bonds is 8. The number of anilines is 2. The highest BCUT2D eigenvalue weighted by Gasteiger charge is 2.15. The lowest BCUT2D eigenvalue weighted by Gasteiger charge is -2.15. The summed E-state index contributed by atoms with van der Waals surface area (Å²) in [5.74, 6) is -0.159. The van der Waals surface area contributed by atoms with E-state index >= 15 is 0 Å². The highest BCUT2D eigenvalue weighted by Crippen LogP contribution is 2.22. The number of thiophene rings is 1. The average Bonchev–Trinajstić information content (AvgIpc) is 3.07. The molecular weight excluding hydrogens is 336 g/mol. The van der Waals surface area contributed by atoms with Gasteiger partial charge in [0, 0.05) is 18.3 Å². The molecule has 0 spiro atoms. The molecule has 25 heavy (non-hydrogen) atoms. The van der Waals surface area contributed by atoms with Crippen LogP contribution < -0.4 is 21.7 Å². The molecule has 1 unspecified atom stereocenters. The maximum Gasteiger partial charge on any atom is 0.324 e. The summed E-state index contributed by atoms with van der Waals surface area (Å²) in [5.41, 5.74) is 6.41. The lowest BCUT2D eigenvalue weighted by Crippen LogP contribution is -2.39. The van der Waals surface area contributed by atoms with Gasteiger partial charge in [-0.3, -0.25) is 10.1 Å². The van der Waals surface area contributed by atoms with Crippen molar-refractivity contribution in [3.63, 3.8) is 0 Å². The Hall–Kier alpha value is -2.38. The molecule has 0 saturated heterocycles. The summed E-state index contributed by atoms with van der Waals surface area (Å²) in [7, 11) is 0. The van der Waals surface area contributed by atoms with Crippen molar-refractivity contribution in [1.29, 1.82) is 0 Å². The number of carbonyl (C=O) groups excluding carboxylic acids is 2. The highest BCUT2D eigenvalue weighted by atomic mass is 32.1. The first-order valence-electron chi connectivity index (χ1n) is 8.36. The SMILES string of the molecule is CCCCC(CN)NC(=O)c1ccc(NC(=O)Nc2ccccc2)s1. The zero-order chi connectivity index (χ0) is 18.1. The van der Waals surface area contributed by atoms with Crippen molar-refractivity contribution in [1.82, 2.24) is 5.32 Å². The standard InChI is InChI=1S/C18H24N4O2S/c1-2-3-7-14(12-19)20-17(23)15-10-11-16(25-15)22-18(24)21-13-8-5-4-6-9-13/h4-6,8-11,14H,2-3,7,12,19H2,1H3,(H,20,23)(H2,21,22,24). The van der Waals surface area contributed by atoms with Crippen LogP contribution in [0.3, 0.4) is 0 Å². The van der Waals surface area contributed by atoms with Crippen LogP contribution in [-0.2, 0) is 0 Å². The Kier molecular flexibility index (Phi) is 7.43. The molecule has 1 heterocycles. The number of hydrogen-bond acceptors (Lipinski definition) is 4. The van der Waals surface area contributed by atoms with Gasteiger partial charge < -0.3 is 16.4 Å². The van der Waals surface area contributed by atoms with Gasteiger partial charge >= 0.3 is 6.03 Å². The largest absolute Gasteiger partial charge is 0.347 e. The van der Waals surface area contributed by atoms with E-state index in [0.29, 0.717) is 22.1 Å². The fraction of sp³-hybridized carbons (Fsp3) is 0.333. The van der Waals surface area contributed by atoms with Crippen LogP contribution in [0.4, 0.5) is 15.5 Å². The van der Waals surface area contributed by atoms with Crippen molar-refractivity contribution < 1.29 is 9.59 Å². The molecule has 0 aliphatic heterocycles. The van der Waals surface area contributed by atoms with Crippen molar-refractivity contribution in [3.8, 4) is 0 Å². The second-order valence-electron chi connectivity index (χ2n) is 5.66. The van der Waals surface area contributed by atoms with Gasteiger partial charge in [0.1, 0.15) is 0 Å². The van der Waals surface area contributed by atoms with Gasteiger partial charge in [0.2, 0.25) is 0 Å². The first-order chi connectivity index (χ1) is 12.1. The molecule has 0 radical (unpaired) electrons. The predicted molar refractivity (Wildman–Crippen MR) is 103 cm³/mol. The van der Waals surface area contributed by atoms with E-state index < -0.39 is 0 Å². The number of nitrogens with one attached hydrogen (secondary N) is 3. The monoisotopic (exact) mass is 360 g/mol. The van der Waals surface area contributed by atoms with Gasteiger partial charge in [-0.2, -0.15) is 0 Å². The molecule has 1 atom stereocenters. The van der Waals surface area contributed by atoms with E-state index in [-0.39, 0.29) is 18.0 Å². The zero-order valence-corrected chi connectivity index (χ0v) is 15.1. The number of unbranched alkanes of at least 4 members (excludes halogenated alkanes) is 1. The maximum absolute atomic E-state index is 12.3. The van der Waals surface area contributed by atoms with Gasteiger partial charge in [0.05, 0.1) is 9.88 Å². The van der Waals surface area contributed by atoms with Crippen LogP contribution in [0.2, 0.25) is 0 Å². The van der Waals surface area contributed by atoms with Gasteiger partial charge in [-0.15, -0.1) is 11.3 Å². The Morgan fingerprint density at radius 1 is 1.12 bits per heavy atom. The number of amides is 3. The minimum atomic E-state index is -0.345. The van der Waals surface area contributed by atoms with Crippen molar-refractivity contribution in [2.24, 2.45) is 5.73 Å². The van der Waals surface area contributed by atoms with Gasteiger partial charge in [0.15, 0.2) is 0 Å². The molecule has 6 nitrogen and oxygen atoms in total. The second kappa shape index (κ2) is 9.80. The quantitative estimate of drug-likeness (QED) is 0.579. The van der Waals surface area contributed by atoms with E-state index in [1.807, 2.05) is 18.2 Å². The van der Waals surface area contributed by atoms with E-state index in [4.69, 9.17) is 5.73 Å². The van der Waals surface area contributed by atoms with E-state index in [1.165, 1.54) is 11.3 Å². The summed E-state index contributed by atoms with van der Waals surface area (Å²) in [6.07, 6.45) is 2.96. The summed E-state index contributed by atoms with van der Waals surface area (Å²) in [6, 6.07) is 12.2. The van der Waals surface area contributed by atoms with Gasteiger partial charge in [-0.25, -0.2) is 4.79 Å². The molecule has 3 amide bonds. The first-order valence-corrected chi connectivity index (χ1v) is 9.17. The zero-order valence-electron chi connectivity index (χ0n) is 14.2. The number of hydrogen-bond donors (Lipinski definition) is 4. The third-order valence-corrected chi connectivity index (χ3v) is 4.62. The Labute approximate surface area is 151 Å². The van der Waals surface area contributed by atoms with Crippen molar-refractivity contribution in [3.05, 3.63) is 47.3 Å². The van der Waals surface area contributed by atoms with Crippen molar-refractivity contribution in [2.75, 3.05) is 17.2 Å². The summed E-state index contributed by atoms with van der Waals surface area (Å²) in [4.78, 5) is 24.8. The van der Waals surface area contributed by atoms with Crippen molar-refractivity contribution in [2.45, 2.75) is 32.2 Å². The van der Waals surface area contributed by atoms with Gasteiger partial charge in [0.25, 0.3) is 5.91 Å². The van der Waals surface area contributed by atoms with E-state index in [0.717, 1.165) is 19.3 Å². The molecule has 0 saturated carbocycles. The minimum absolute atomic E-state index is 0.0210. The molecule has 5 N–H and O–H groups in total. The molecular formula is C18H24N4O2S. The average molecular weight is 360 g/mol. The molecule has 0 aliphatic carbocycles. The number of urea groups is 1. The fourth-order valence-corrected chi connectivity index (χ4v) is 3.08. The first kappa shape index (κ1) is 19.0. The van der Waals surface area contributed by atoms with Crippen LogP contribution in [0.5, 0.6) is 0 Å². The van der Waals surface area contributed by atoms with Gasteiger partial charge in [-0.05, 0) is 30.7 Å². The third-order valence-electron chi connectivity index (χ3n) is 3.62. The molecule has 0 bridgehead atoms. The number of para-hydroxylation sites is 1. The lowest BCUT2D eigenvalue weighted by molar-refractivity contribution is 0.0940. The normalized spacial score (nSPS) is 11.6. The Balaban J connectivity index is 1.88. The predicted octanol–water partition coefficient (Wildman–Crippen LogP) is 3.64. The van der Waals surface area contributed by atoms with Crippen LogP contribution in [0.15, 0.2) is 42.5 Å². The lowest BCUT2D eigenvalue weighted by atomic mass is 10.1. The number of carbonyl (C=O) groups is 2. The number of benzene rings is 1. The number of nitrogens with two attached hydrogens (primary N) is 1. The second-order valence-corrected chi connectivity index (χ2v) is 6.74. The maximum atomic E-state index is 12.3. The van der Waals surface area contributed by atoms with Crippen LogP contribution in [-0.4, -0.2) is 24.5 Å².